The SMILES string of the molecule is COc1ccc(CN2C(=S)N[C@H](c3ccccn3)[C@@H]2c2cc(C)n(C3CCCCC3)c2C)cc1. The zero-order valence-electron chi connectivity index (χ0n) is 20.3. The van der Waals surface area contributed by atoms with Crippen molar-refractivity contribution in [1.29, 1.82) is 0 Å². The second-order valence-electron chi connectivity index (χ2n) is 9.59. The molecule has 0 radical (unpaired) electrons. The molecular formula is C28H34N4OS. The summed E-state index contributed by atoms with van der Waals surface area (Å²) >= 11 is 5.91. The molecule has 5 nitrogen and oxygen atoms in total. The molecule has 3 aromatic rings. The van der Waals surface area contributed by atoms with E-state index < -0.39 is 0 Å². The van der Waals surface area contributed by atoms with Gasteiger partial charge in [-0.2, -0.15) is 0 Å². The standard InChI is InChI=1S/C28H34N4OS/c1-19-17-24(20(2)32(19)22-9-5-4-6-10-22)27-26(25-11-7-8-16-29-25)30-28(34)31(27)18-21-12-14-23(33-3)15-13-21/h7-8,11-17,22,26-27H,4-6,9-10,18H2,1-3H3,(H,30,34)/t26-,27+/m1/s1. The Labute approximate surface area is 208 Å². The summed E-state index contributed by atoms with van der Waals surface area (Å²) < 4.78 is 7.95. The second kappa shape index (κ2) is 9.79. The molecule has 6 heteroatoms. The number of thiocarbonyl (C=S) groups is 1. The molecule has 1 aliphatic carbocycles. The summed E-state index contributed by atoms with van der Waals surface area (Å²) in [7, 11) is 1.70. The average molecular weight is 475 g/mol. The van der Waals surface area contributed by atoms with Crippen LogP contribution in [0.15, 0.2) is 54.7 Å². The highest BCUT2D eigenvalue weighted by Gasteiger charge is 2.41. The Kier molecular flexibility index (Phi) is 6.59. The van der Waals surface area contributed by atoms with Gasteiger partial charge in [0.05, 0.1) is 24.9 Å². The smallest absolute Gasteiger partial charge is 0.170 e. The zero-order chi connectivity index (χ0) is 23.7. The van der Waals surface area contributed by atoms with Crippen molar-refractivity contribution in [3.05, 3.63) is 82.9 Å². The highest BCUT2D eigenvalue weighted by Crippen LogP contribution is 2.43. The fraction of sp³-hybridized carbons (Fsp3) is 0.429. The van der Waals surface area contributed by atoms with Crippen LogP contribution in [0, 0.1) is 13.8 Å². The Morgan fingerprint density at radius 1 is 1.06 bits per heavy atom. The van der Waals surface area contributed by atoms with E-state index in [0.29, 0.717) is 6.04 Å². The first-order chi connectivity index (χ1) is 16.6. The number of nitrogens with one attached hydrogen (secondary N) is 1. The van der Waals surface area contributed by atoms with Crippen LogP contribution in [0.3, 0.4) is 0 Å². The number of benzene rings is 1. The molecule has 2 fully saturated rings. The van der Waals surface area contributed by atoms with Crippen LogP contribution in [0.2, 0.25) is 0 Å². The van der Waals surface area contributed by atoms with Gasteiger partial charge in [-0.15, -0.1) is 0 Å². The Balaban J connectivity index is 1.54. The molecule has 2 aromatic heterocycles. The summed E-state index contributed by atoms with van der Waals surface area (Å²) in [4.78, 5) is 7.05. The van der Waals surface area contributed by atoms with Crippen LogP contribution in [-0.4, -0.2) is 26.7 Å². The van der Waals surface area contributed by atoms with Crippen molar-refractivity contribution in [2.45, 2.75) is 70.6 Å². The van der Waals surface area contributed by atoms with E-state index in [4.69, 9.17) is 21.9 Å². The Bertz CT molecular complexity index is 1140. The fourth-order valence-corrected chi connectivity index (χ4v) is 6.15. The number of pyridine rings is 1. The van der Waals surface area contributed by atoms with E-state index in [1.807, 2.05) is 24.4 Å². The van der Waals surface area contributed by atoms with E-state index in [0.717, 1.165) is 23.1 Å². The maximum atomic E-state index is 5.91. The van der Waals surface area contributed by atoms with Crippen LogP contribution in [0.5, 0.6) is 5.75 Å². The lowest BCUT2D eigenvalue weighted by Crippen LogP contribution is -2.29. The minimum Gasteiger partial charge on any atom is -0.497 e. The molecule has 1 N–H and O–H groups in total. The molecule has 1 aliphatic heterocycles. The fourth-order valence-electron chi connectivity index (χ4n) is 5.85. The van der Waals surface area contributed by atoms with E-state index in [-0.39, 0.29) is 12.1 Å². The molecule has 178 valence electrons. The summed E-state index contributed by atoms with van der Waals surface area (Å²) in [6.45, 7) is 5.28. The van der Waals surface area contributed by atoms with Crippen LogP contribution in [0.25, 0.3) is 0 Å². The van der Waals surface area contributed by atoms with Crippen LogP contribution >= 0.6 is 12.2 Å². The molecule has 1 saturated heterocycles. The van der Waals surface area contributed by atoms with Gasteiger partial charge in [0.25, 0.3) is 0 Å². The number of rotatable bonds is 6. The molecule has 5 rings (SSSR count). The first kappa shape index (κ1) is 22.9. The first-order valence-corrected chi connectivity index (χ1v) is 12.8. The number of aromatic nitrogens is 2. The van der Waals surface area contributed by atoms with Crippen molar-refractivity contribution in [3.8, 4) is 5.75 Å². The highest BCUT2D eigenvalue weighted by atomic mass is 32.1. The van der Waals surface area contributed by atoms with Gasteiger partial charge in [-0.25, -0.2) is 0 Å². The quantitative estimate of drug-likeness (QED) is 0.432. The van der Waals surface area contributed by atoms with Crippen LogP contribution in [0.1, 0.15) is 78.4 Å². The van der Waals surface area contributed by atoms with Crippen molar-refractivity contribution in [3.63, 3.8) is 0 Å². The molecule has 0 bridgehead atoms. The maximum Gasteiger partial charge on any atom is 0.170 e. The largest absolute Gasteiger partial charge is 0.497 e. The molecule has 3 heterocycles. The van der Waals surface area contributed by atoms with Crippen molar-refractivity contribution < 1.29 is 4.74 Å². The van der Waals surface area contributed by atoms with Crippen LogP contribution in [0.4, 0.5) is 0 Å². The maximum absolute atomic E-state index is 5.91. The molecular weight excluding hydrogens is 440 g/mol. The van der Waals surface area contributed by atoms with Crippen molar-refractivity contribution in [1.82, 2.24) is 19.8 Å². The summed E-state index contributed by atoms with van der Waals surface area (Å²) in [5, 5.41) is 4.38. The topological polar surface area (TPSA) is 42.3 Å². The van der Waals surface area contributed by atoms with E-state index in [1.165, 1.54) is 54.6 Å². The van der Waals surface area contributed by atoms with Crippen molar-refractivity contribution in [2.75, 3.05) is 7.11 Å². The summed E-state index contributed by atoms with van der Waals surface area (Å²) in [5.41, 5.74) is 6.29. The molecule has 1 aromatic carbocycles. The summed E-state index contributed by atoms with van der Waals surface area (Å²) in [6, 6.07) is 17.5. The first-order valence-electron chi connectivity index (χ1n) is 12.4. The third-order valence-corrected chi connectivity index (χ3v) is 7.84. The van der Waals surface area contributed by atoms with Gasteiger partial charge in [0, 0.05) is 30.2 Å². The van der Waals surface area contributed by atoms with Crippen LogP contribution in [-0.2, 0) is 6.54 Å². The van der Waals surface area contributed by atoms with Crippen LogP contribution < -0.4 is 10.1 Å². The molecule has 0 amide bonds. The van der Waals surface area contributed by atoms with Gasteiger partial charge < -0.3 is 19.5 Å². The normalized spacial score (nSPS) is 21.0. The Hall–Kier alpha value is -2.86. The zero-order valence-corrected chi connectivity index (χ0v) is 21.1. The third kappa shape index (κ3) is 4.31. The predicted molar refractivity (Wildman–Crippen MR) is 140 cm³/mol. The second-order valence-corrected chi connectivity index (χ2v) is 9.98. The number of hydrogen-bond acceptors (Lipinski definition) is 3. The molecule has 0 unspecified atom stereocenters. The lowest BCUT2D eigenvalue weighted by Gasteiger charge is -2.30. The molecule has 1 saturated carbocycles. The number of ether oxygens (including phenoxy) is 1. The van der Waals surface area contributed by atoms with Gasteiger partial charge in [0.15, 0.2) is 5.11 Å². The Morgan fingerprint density at radius 3 is 2.50 bits per heavy atom. The van der Waals surface area contributed by atoms with Gasteiger partial charge in [-0.05, 0) is 80.4 Å². The van der Waals surface area contributed by atoms with E-state index >= 15 is 0 Å². The van der Waals surface area contributed by atoms with Gasteiger partial charge in [-0.3, -0.25) is 4.98 Å². The molecule has 34 heavy (non-hydrogen) atoms. The highest BCUT2D eigenvalue weighted by molar-refractivity contribution is 7.80. The van der Waals surface area contributed by atoms with Gasteiger partial charge in [-0.1, -0.05) is 37.5 Å². The lowest BCUT2D eigenvalue weighted by molar-refractivity contribution is 0.306. The van der Waals surface area contributed by atoms with E-state index in [1.54, 1.807) is 7.11 Å². The van der Waals surface area contributed by atoms with E-state index in [2.05, 4.69) is 59.0 Å². The average Bonchev–Trinajstić information content (AvgIpc) is 3.35. The summed E-state index contributed by atoms with van der Waals surface area (Å²) in [6.07, 6.45) is 8.43. The third-order valence-electron chi connectivity index (χ3n) is 7.49. The number of nitrogens with zero attached hydrogens (tertiary/aromatic N) is 3. The number of methoxy groups -OCH3 is 1. The predicted octanol–water partition coefficient (Wildman–Crippen LogP) is 6.19. The lowest BCUT2D eigenvalue weighted by atomic mass is 9.94. The Morgan fingerprint density at radius 2 is 1.82 bits per heavy atom. The molecule has 2 atom stereocenters. The van der Waals surface area contributed by atoms with Crippen molar-refractivity contribution in [2.24, 2.45) is 0 Å². The number of aryl methyl sites for hydroxylation is 1. The molecule has 2 aliphatic rings. The minimum absolute atomic E-state index is 0.00672. The monoisotopic (exact) mass is 474 g/mol. The minimum atomic E-state index is 0.00672. The van der Waals surface area contributed by atoms with Gasteiger partial charge in [0.1, 0.15) is 5.75 Å². The van der Waals surface area contributed by atoms with Crippen molar-refractivity contribution >= 4 is 17.3 Å². The molecule has 0 spiro atoms. The van der Waals surface area contributed by atoms with E-state index in [9.17, 15) is 0 Å². The van der Waals surface area contributed by atoms with Gasteiger partial charge >= 0.3 is 0 Å². The summed E-state index contributed by atoms with van der Waals surface area (Å²) in [5.74, 6) is 0.866. The number of hydrogen-bond donors (Lipinski definition) is 1. The van der Waals surface area contributed by atoms with Gasteiger partial charge in [0.2, 0.25) is 0 Å².